The van der Waals surface area contributed by atoms with E-state index in [0.29, 0.717) is 0 Å². The zero-order chi connectivity index (χ0) is 52.0. The Morgan fingerprint density at radius 2 is 0.763 bits per heavy atom. The molecular formula is C71H59N3O2. The zero-order valence-electron chi connectivity index (χ0n) is 43.6. The maximum absolute atomic E-state index is 13.2. The minimum Gasteiger partial charge on any atom is -0.294 e. The topological polar surface area (TPSA) is 72.8 Å². The fourth-order valence-corrected chi connectivity index (χ4v) is 11.4. The summed E-state index contributed by atoms with van der Waals surface area (Å²) in [5.41, 5.74) is 22.8. The molecule has 7 aromatic carbocycles. The number of pyridine rings is 3. The number of benzene rings is 7. The van der Waals surface area contributed by atoms with E-state index in [1.54, 1.807) is 0 Å². The monoisotopic (exact) mass is 985 g/mol. The number of ketones is 2. The predicted octanol–water partition coefficient (Wildman–Crippen LogP) is 16.6. The van der Waals surface area contributed by atoms with Gasteiger partial charge in [0, 0.05) is 62.8 Å². The molecule has 0 unspecified atom stereocenters. The molecule has 0 radical (unpaired) electrons. The van der Waals surface area contributed by atoms with Crippen LogP contribution in [0.25, 0.3) is 78.3 Å². The lowest BCUT2D eigenvalue weighted by molar-refractivity contribution is 0.0857. The molecule has 2 aliphatic rings. The smallest absolute Gasteiger partial charge is 0.169 e. The lowest BCUT2D eigenvalue weighted by atomic mass is 9.87. The Morgan fingerprint density at radius 3 is 1.29 bits per heavy atom. The molecule has 370 valence electrons. The Morgan fingerprint density at radius 1 is 0.316 bits per heavy atom. The Kier molecular flexibility index (Phi) is 12.6. The van der Waals surface area contributed by atoms with E-state index >= 15 is 0 Å². The van der Waals surface area contributed by atoms with Crippen molar-refractivity contribution in [2.75, 3.05) is 0 Å². The third-order valence-electron chi connectivity index (χ3n) is 15.7. The lowest BCUT2D eigenvalue weighted by Crippen LogP contribution is -2.18. The number of hydrogen-bond acceptors (Lipinski definition) is 5. The van der Waals surface area contributed by atoms with Crippen LogP contribution in [0.3, 0.4) is 0 Å². The lowest BCUT2D eigenvalue weighted by Gasteiger charge is -2.18. The molecule has 3 aromatic heterocycles. The molecule has 3 heterocycles. The Labute approximate surface area is 446 Å². The van der Waals surface area contributed by atoms with Crippen LogP contribution in [-0.2, 0) is 38.5 Å². The molecule has 5 nitrogen and oxygen atoms in total. The molecule has 76 heavy (non-hydrogen) atoms. The van der Waals surface area contributed by atoms with Gasteiger partial charge in [-0.15, -0.1) is 0 Å². The average molecular weight is 986 g/mol. The summed E-state index contributed by atoms with van der Waals surface area (Å²) < 4.78 is 0. The third-order valence-corrected chi connectivity index (χ3v) is 15.7. The van der Waals surface area contributed by atoms with Gasteiger partial charge in [-0.1, -0.05) is 191 Å². The first kappa shape index (κ1) is 48.3. The van der Waals surface area contributed by atoms with Crippen LogP contribution in [0.2, 0.25) is 0 Å². The highest BCUT2D eigenvalue weighted by Gasteiger charge is 2.38. The Hall–Kier alpha value is -8.67. The maximum Gasteiger partial charge on any atom is 0.169 e. The molecule has 0 aliphatic heterocycles. The van der Waals surface area contributed by atoms with Crippen LogP contribution < -0.4 is 0 Å². The summed E-state index contributed by atoms with van der Waals surface area (Å²) in [5.74, 6) is 0.419. The van der Waals surface area contributed by atoms with Crippen LogP contribution in [0.1, 0.15) is 81.8 Å². The summed E-state index contributed by atoms with van der Waals surface area (Å²) in [6.45, 7) is 8.12. The fourth-order valence-electron chi connectivity index (χ4n) is 11.4. The van der Waals surface area contributed by atoms with Gasteiger partial charge in [-0.2, -0.15) is 0 Å². The first-order chi connectivity index (χ1) is 36.9. The van der Waals surface area contributed by atoms with Crippen molar-refractivity contribution < 1.29 is 9.59 Å². The highest BCUT2D eigenvalue weighted by Crippen LogP contribution is 2.42. The van der Waals surface area contributed by atoms with Gasteiger partial charge >= 0.3 is 0 Å². The van der Waals surface area contributed by atoms with E-state index in [4.69, 9.17) is 15.0 Å². The van der Waals surface area contributed by atoms with E-state index in [1.807, 2.05) is 58.3 Å². The van der Waals surface area contributed by atoms with Gasteiger partial charge in [0.1, 0.15) is 0 Å². The molecular weight excluding hydrogens is 927 g/mol. The number of aromatic nitrogens is 3. The van der Waals surface area contributed by atoms with Gasteiger partial charge in [-0.05, 0) is 141 Å². The fraction of sp³-hybridized carbons (Fsp3) is 0.169. The highest BCUT2D eigenvalue weighted by molar-refractivity contribution is 6.06. The number of Topliss-reactive ketones (excluding diaryl/α,β-unsaturated/α-hetero) is 2. The summed E-state index contributed by atoms with van der Waals surface area (Å²) in [6, 6.07) is 69.0. The quantitative estimate of drug-likeness (QED) is 0.115. The second kappa shape index (κ2) is 19.9. The SMILES string of the molecule is CC1(C)Cc2ccc(-c3ccc(CCc4cc(CCc5ccc(-c6ccc7c(c6)C(=O)C(C)(C)C7)nc5)cc(-c5ccccc5-c5cnc(-c6ccccc6)cc5-c5ccc(-c6ccccc6)cc5)c4)cn3)cc2C1=O. The standard InChI is InChI=1S/C71H59N3O2/c1-70(2)41-56-31-29-54(38-62(56)68(70)75)65-33-23-46(43-72-65)19-21-48-35-49(22-20-47-24-34-66(73-44-47)55-30-32-57-42-71(3,4)69(76)63(57)39-55)37-58(36-48)59-17-11-12-18-60(59)64-45-74-67(53-15-9-6-10-16-53)40-61(64)52-27-25-51(26-28-52)50-13-7-5-8-14-50/h5-18,23-40,43-45H,19-22,41-42H2,1-4H3. The van der Waals surface area contributed by atoms with Crippen molar-refractivity contribution in [3.8, 4) is 78.3 Å². The summed E-state index contributed by atoms with van der Waals surface area (Å²) >= 11 is 0. The van der Waals surface area contributed by atoms with Gasteiger partial charge in [0.25, 0.3) is 0 Å². The van der Waals surface area contributed by atoms with Crippen molar-refractivity contribution in [1.29, 1.82) is 0 Å². The van der Waals surface area contributed by atoms with E-state index in [9.17, 15) is 9.59 Å². The van der Waals surface area contributed by atoms with Gasteiger partial charge in [0.15, 0.2) is 11.6 Å². The minimum atomic E-state index is -0.365. The predicted molar refractivity (Wildman–Crippen MR) is 309 cm³/mol. The minimum absolute atomic E-state index is 0.209. The molecule has 10 aromatic rings. The molecule has 0 saturated heterocycles. The highest BCUT2D eigenvalue weighted by atomic mass is 16.1. The molecule has 0 saturated carbocycles. The summed E-state index contributed by atoms with van der Waals surface area (Å²) in [5, 5.41) is 0. The second-order valence-electron chi connectivity index (χ2n) is 22.1. The van der Waals surface area contributed by atoms with Gasteiger partial charge in [0.05, 0.1) is 17.1 Å². The number of aryl methyl sites for hydroxylation is 4. The van der Waals surface area contributed by atoms with Crippen molar-refractivity contribution in [2.45, 2.75) is 66.2 Å². The Bertz CT molecular complexity index is 3680. The number of rotatable bonds is 13. The summed E-state index contributed by atoms with van der Waals surface area (Å²) in [4.78, 5) is 41.4. The van der Waals surface area contributed by atoms with Gasteiger partial charge in [0.2, 0.25) is 0 Å². The van der Waals surface area contributed by atoms with E-state index in [-0.39, 0.29) is 22.4 Å². The molecule has 0 fully saturated rings. The number of hydrogen-bond donors (Lipinski definition) is 0. The van der Waals surface area contributed by atoms with Gasteiger partial charge < -0.3 is 0 Å². The molecule has 0 atom stereocenters. The first-order valence-electron chi connectivity index (χ1n) is 26.6. The number of fused-ring (bicyclic) bond motifs is 2. The van der Waals surface area contributed by atoms with Crippen LogP contribution in [0, 0.1) is 10.8 Å². The number of carbonyl (C=O) groups excluding carboxylic acids is 2. The van der Waals surface area contributed by atoms with Crippen molar-refractivity contribution in [2.24, 2.45) is 10.8 Å². The van der Waals surface area contributed by atoms with Crippen LogP contribution in [0.15, 0.2) is 213 Å². The first-order valence-corrected chi connectivity index (χ1v) is 26.6. The van der Waals surface area contributed by atoms with E-state index in [0.717, 1.165) is 139 Å². The maximum atomic E-state index is 13.2. The molecule has 2 aliphatic carbocycles. The second-order valence-corrected chi connectivity index (χ2v) is 22.1. The zero-order valence-corrected chi connectivity index (χ0v) is 43.6. The van der Waals surface area contributed by atoms with Crippen molar-refractivity contribution in [3.05, 3.63) is 257 Å². The van der Waals surface area contributed by atoms with Crippen molar-refractivity contribution in [3.63, 3.8) is 0 Å². The molecule has 0 spiro atoms. The van der Waals surface area contributed by atoms with Gasteiger partial charge in [-0.3, -0.25) is 24.5 Å². The molecule has 0 amide bonds. The Balaban J connectivity index is 0.872. The number of carbonyl (C=O) groups is 2. The number of nitrogens with zero attached hydrogens (tertiary/aromatic N) is 3. The third kappa shape index (κ3) is 9.66. The van der Waals surface area contributed by atoms with Crippen LogP contribution in [-0.4, -0.2) is 26.5 Å². The summed E-state index contributed by atoms with van der Waals surface area (Å²) in [6.07, 6.45) is 10.9. The van der Waals surface area contributed by atoms with E-state index in [1.165, 1.54) is 22.3 Å². The summed E-state index contributed by atoms with van der Waals surface area (Å²) in [7, 11) is 0. The largest absolute Gasteiger partial charge is 0.294 e. The molecule has 0 N–H and O–H groups in total. The van der Waals surface area contributed by atoms with Crippen molar-refractivity contribution >= 4 is 11.6 Å². The van der Waals surface area contributed by atoms with Crippen LogP contribution in [0.5, 0.6) is 0 Å². The molecule has 5 heteroatoms. The average Bonchev–Trinajstić information content (AvgIpc) is 3.88. The van der Waals surface area contributed by atoms with Crippen LogP contribution in [0.4, 0.5) is 0 Å². The van der Waals surface area contributed by atoms with Crippen LogP contribution >= 0.6 is 0 Å². The van der Waals surface area contributed by atoms with Crippen molar-refractivity contribution in [1.82, 2.24) is 15.0 Å². The van der Waals surface area contributed by atoms with E-state index in [2.05, 4.69) is 182 Å². The molecule has 12 rings (SSSR count). The molecule has 0 bridgehead atoms. The van der Waals surface area contributed by atoms with Gasteiger partial charge in [-0.25, -0.2) is 0 Å². The van der Waals surface area contributed by atoms with E-state index < -0.39 is 0 Å². The normalized spacial score (nSPS) is 14.2.